The van der Waals surface area contributed by atoms with Gasteiger partial charge in [-0.3, -0.25) is 20.4 Å². The highest BCUT2D eigenvalue weighted by molar-refractivity contribution is 6.07. The number of aromatic nitrogens is 1. The van der Waals surface area contributed by atoms with Gasteiger partial charge in [0.05, 0.1) is 26.2 Å². The maximum absolute atomic E-state index is 12.5. The highest BCUT2D eigenvalue weighted by atomic mass is 16.5. The predicted octanol–water partition coefficient (Wildman–Crippen LogP) is 2.20. The van der Waals surface area contributed by atoms with Crippen molar-refractivity contribution in [2.45, 2.75) is 6.42 Å². The molecule has 0 fully saturated rings. The van der Waals surface area contributed by atoms with Crippen LogP contribution in [-0.2, 0) is 18.3 Å². The van der Waals surface area contributed by atoms with Crippen LogP contribution >= 0.6 is 0 Å². The average Bonchev–Trinajstić information content (AvgIpc) is 3.03. The molecule has 0 saturated carbocycles. The van der Waals surface area contributed by atoms with E-state index in [9.17, 15) is 9.59 Å². The fourth-order valence-corrected chi connectivity index (χ4v) is 2.95. The molecule has 1 aromatic heterocycles. The van der Waals surface area contributed by atoms with Gasteiger partial charge < -0.3 is 14.0 Å². The van der Waals surface area contributed by atoms with Crippen molar-refractivity contribution >= 4 is 22.7 Å². The van der Waals surface area contributed by atoms with Gasteiger partial charge in [0.15, 0.2) is 0 Å². The molecule has 140 valence electrons. The van der Waals surface area contributed by atoms with Gasteiger partial charge in [-0.25, -0.2) is 0 Å². The van der Waals surface area contributed by atoms with Crippen LogP contribution in [0.25, 0.3) is 10.9 Å². The summed E-state index contributed by atoms with van der Waals surface area (Å²) in [4.78, 5) is 24.7. The van der Waals surface area contributed by atoms with Gasteiger partial charge >= 0.3 is 0 Å². The van der Waals surface area contributed by atoms with Crippen LogP contribution in [0.1, 0.15) is 15.9 Å². The summed E-state index contributed by atoms with van der Waals surface area (Å²) in [6, 6.07) is 12.8. The number of aryl methyl sites for hydroxylation is 1. The monoisotopic (exact) mass is 367 g/mol. The minimum Gasteiger partial charge on any atom is -0.497 e. The topological polar surface area (TPSA) is 81.6 Å². The summed E-state index contributed by atoms with van der Waals surface area (Å²) in [7, 11) is 4.95. The molecule has 1 heterocycles. The Morgan fingerprint density at radius 2 is 1.81 bits per heavy atom. The van der Waals surface area contributed by atoms with Gasteiger partial charge in [0.2, 0.25) is 5.91 Å². The number of hydrogen-bond donors (Lipinski definition) is 2. The van der Waals surface area contributed by atoms with E-state index in [4.69, 9.17) is 9.47 Å². The van der Waals surface area contributed by atoms with Crippen LogP contribution in [0, 0.1) is 0 Å². The molecule has 0 aliphatic carbocycles. The molecular weight excluding hydrogens is 346 g/mol. The summed E-state index contributed by atoms with van der Waals surface area (Å²) in [6.07, 6.45) is 1.77. The molecule has 0 radical (unpaired) electrons. The van der Waals surface area contributed by atoms with E-state index in [-0.39, 0.29) is 18.2 Å². The molecule has 0 aliphatic rings. The van der Waals surface area contributed by atoms with Crippen molar-refractivity contribution in [2.75, 3.05) is 14.2 Å². The molecule has 3 aromatic rings. The van der Waals surface area contributed by atoms with E-state index in [0.717, 1.165) is 10.9 Å². The average molecular weight is 367 g/mol. The van der Waals surface area contributed by atoms with Crippen molar-refractivity contribution in [3.63, 3.8) is 0 Å². The quantitative estimate of drug-likeness (QED) is 0.678. The maximum atomic E-state index is 12.5. The number of carbonyl (C=O) groups is 2. The van der Waals surface area contributed by atoms with E-state index in [2.05, 4.69) is 10.9 Å². The fraction of sp³-hybridized carbons (Fsp3) is 0.200. The molecule has 0 saturated heterocycles. The zero-order valence-electron chi connectivity index (χ0n) is 15.4. The zero-order valence-corrected chi connectivity index (χ0v) is 15.4. The molecule has 0 unspecified atom stereocenters. The van der Waals surface area contributed by atoms with Gasteiger partial charge in [-0.2, -0.15) is 0 Å². The molecule has 0 spiro atoms. The molecule has 7 nitrogen and oxygen atoms in total. The second-order valence-electron chi connectivity index (χ2n) is 6.03. The maximum Gasteiger partial charge on any atom is 0.271 e. The van der Waals surface area contributed by atoms with Crippen molar-refractivity contribution in [1.29, 1.82) is 0 Å². The Labute approximate surface area is 156 Å². The molecule has 7 heteroatoms. The number of nitrogens with one attached hydrogen (secondary N) is 2. The second-order valence-corrected chi connectivity index (χ2v) is 6.03. The Morgan fingerprint density at radius 3 is 2.56 bits per heavy atom. The number of ether oxygens (including phenoxy) is 2. The lowest BCUT2D eigenvalue weighted by molar-refractivity contribution is -0.121. The standard InChI is InChI=1S/C20H21N3O4/c1-23-12-16(15-6-4-5-7-17(15)23)20(25)22-21-19(24)11-13-10-14(26-2)8-9-18(13)27-3/h4-10,12H,11H2,1-3H3,(H,21,24)(H,22,25). The Hall–Kier alpha value is -3.48. The number of fused-ring (bicyclic) bond motifs is 1. The van der Waals surface area contributed by atoms with Crippen LogP contribution in [0.3, 0.4) is 0 Å². The third kappa shape index (κ3) is 3.87. The number of hydrogen-bond acceptors (Lipinski definition) is 4. The largest absolute Gasteiger partial charge is 0.497 e. The summed E-state index contributed by atoms with van der Waals surface area (Å²) in [5.74, 6) is 0.456. The van der Waals surface area contributed by atoms with Crippen LogP contribution in [0.5, 0.6) is 11.5 Å². The van der Waals surface area contributed by atoms with Crippen LogP contribution in [0.4, 0.5) is 0 Å². The van der Waals surface area contributed by atoms with E-state index in [1.807, 2.05) is 35.9 Å². The summed E-state index contributed by atoms with van der Waals surface area (Å²) < 4.78 is 12.3. The van der Waals surface area contributed by atoms with Crippen molar-refractivity contribution in [3.05, 3.63) is 59.8 Å². The lowest BCUT2D eigenvalue weighted by Crippen LogP contribution is -2.42. The first kappa shape index (κ1) is 18.3. The van der Waals surface area contributed by atoms with Gasteiger partial charge in [-0.15, -0.1) is 0 Å². The van der Waals surface area contributed by atoms with Gasteiger partial charge in [-0.05, 0) is 24.3 Å². The van der Waals surface area contributed by atoms with E-state index < -0.39 is 0 Å². The molecule has 2 amide bonds. The van der Waals surface area contributed by atoms with Crippen LogP contribution < -0.4 is 20.3 Å². The Morgan fingerprint density at radius 1 is 1.04 bits per heavy atom. The first-order valence-corrected chi connectivity index (χ1v) is 8.37. The fourth-order valence-electron chi connectivity index (χ4n) is 2.95. The number of benzene rings is 2. The summed E-state index contributed by atoms with van der Waals surface area (Å²) >= 11 is 0. The van der Waals surface area contributed by atoms with Gasteiger partial charge in [-0.1, -0.05) is 18.2 Å². The van der Waals surface area contributed by atoms with E-state index in [0.29, 0.717) is 22.6 Å². The Bertz CT molecular complexity index is 994. The molecule has 0 atom stereocenters. The highest BCUT2D eigenvalue weighted by Crippen LogP contribution is 2.24. The number of nitrogens with zero attached hydrogens (tertiary/aromatic N) is 1. The van der Waals surface area contributed by atoms with Gasteiger partial charge in [0, 0.05) is 29.7 Å². The first-order chi connectivity index (χ1) is 13.0. The number of rotatable bonds is 5. The minimum absolute atomic E-state index is 0.0379. The predicted molar refractivity (Wildman–Crippen MR) is 102 cm³/mol. The third-order valence-corrected chi connectivity index (χ3v) is 4.30. The highest BCUT2D eigenvalue weighted by Gasteiger charge is 2.15. The summed E-state index contributed by atoms with van der Waals surface area (Å²) in [5.41, 5.74) is 7.01. The van der Waals surface area contributed by atoms with Crippen molar-refractivity contribution < 1.29 is 19.1 Å². The molecule has 2 aromatic carbocycles. The first-order valence-electron chi connectivity index (χ1n) is 8.37. The van der Waals surface area contributed by atoms with E-state index >= 15 is 0 Å². The molecule has 2 N–H and O–H groups in total. The normalized spacial score (nSPS) is 10.5. The van der Waals surface area contributed by atoms with Crippen molar-refractivity contribution in [3.8, 4) is 11.5 Å². The minimum atomic E-state index is -0.377. The number of methoxy groups -OCH3 is 2. The molecule has 0 bridgehead atoms. The third-order valence-electron chi connectivity index (χ3n) is 4.30. The second kappa shape index (κ2) is 7.82. The number of hydrazine groups is 1. The van der Waals surface area contributed by atoms with Crippen LogP contribution in [0.2, 0.25) is 0 Å². The Balaban J connectivity index is 1.68. The number of amides is 2. The van der Waals surface area contributed by atoms with Crippen molar-refractivity contribution in [1.82, 2.24) is 15.4 Å². The molecule has 3 rings (SSSR count). The molecular formula is C20H21N3O4. The van der Waals surface area contributed by atoms with Crippen LogP contribution in [-0.4, -0.2) is 30.6 Å². The van der Waals surface area contributed by atoms with Gasteiger partial charge in [0.1, 0.15) is 11.5 Å². The Kier molecular flexibility index (Phi) is 5.30. The summed E-state index contributed by atoms with van der Waals surface area (Å²) in [5, 5.41) is 0.821. The van der Waals surface area contributed by atoms with E-state index in [1.54, 1.807) is 31.5 Å². The smallest absolute Gasteiger partial charge is 0.271 e. The van der Waals surface area contributed by atoms with Gasteiger partial charge in [0.25, 0.3) is 5.91 Å². The SMILES string of the molecule is COc1ccc(OC)c(CC(=O)NNC(=O)c2cn(C)c3ccccc23)c1. The zero-order chi connectivity index (χ0) is 19.4. The molecule has 27 heavy (non-hydrogen) atoms. The number of carbonyl (C=O) groups excluding carboxylic acids is 2. The molecule has 0 aliphatic heterocycles. The lowest BCUT2D eigenvalue weighted by Gasteiger charge is -2.11. The van der Waals surface area contributed by atoms with E-state index in [1.165, 1.54) is 7.11 Å². The lowest BCUT2D eigenvalue weighted by atomic mass is 10.1. The summed E-state index contributed by atoms with van der Waals surface area (Å²) in [6.45, 7) is 0. The van der Waals surface area contributed by atoms with Crippen molar-refractivity contribution in [2.24, 2.45) is 7.05 Å². The number of para-hydroxylation sites is 1. The van der Waals surface area contributed by atoms with Crippen LogP contribution in [0.15, 0.2) is 48.7 Å².